The van der Waals surface area contributed by atoms with Crippen LogP contribution in [0.3, 0.4) is 0 Å². The monoisotopic (exact) mass is 361 g/mol. The second-order valence-electron chi connectivity index (χ2n) is 6.03. The lowest BCUT2D eigenvalue weighted by molar-refractivity contribution is 0.0996. The van der Waals surface area contributed by atoms with Gasteiger partial charge in [-0.15, -0.1) is 0 Å². The minimum atomic E-state index is -0.675. The molecule has 0 bridgehead atoms. The van der Waals surface area contributed by atoms with Crippen molar-refractivity contribution in [2.75, 3.05) is 10.6 Å². The smallest absolute Gasteiger partial charge is 0.271 e. The molecule has 1 fully saturated rings. The van der Waals surface area contributed by atoms with Crippen molar-refractivity contribution in [1.82, 2.24) is 15.0 Å². The van der Waals surface area contributed by atoms with E-state index in [9.17, 15) is 4.79 Å². The van der Waals surface area contributed by atoms with Crippen LogP contribution in [0.25, 0.3) is 0 Å². The zero-order valence-electron chi connectivity index (χ0n) is 13.6. The quantitative estimate of drug-likeness (QED) is 0.640. The lowest BCUT2D eigenvalue weighted by Crippen LogP contribution is -2.42. The number of halogens is 1. The Morgan fingerprint density at radius 2 is 2.04 bits per heavy atom. The Hall–Kier alpha value is -2.45. The highest BCUT2D eigenvalue weighted by atomic mass is 35.5. The van der Waals surface area contributed by atoms with Crippen molar-refractivity contribution in [3.05, 3.63) is 35.4 Å². The van der Waals surface area contributed by atoms with Gasteiger partial charge in [-0.1, -0.05) is 24.4 Å². The number of nitrogens with one attached hydrogen (secondary N) is 2. The molecule has 9 heteroatoms. The van der Waals surface area contributed by atoms with Crippen molar-refractivity contribution in [2.45, 2.75) is 37.8 Å². The lowest BCUT2D eigenvalue weighted by atomic mass is 9.91. The SMILES string of the molecule is NC(=O)c1ncc(NC2CCCC[C@@H]2N)nc1Nc1cncc(Cl)c1. The van der Waals surface area contributed by atoms with Crippen LogP contribution in [0, 0.1) is 0 Å². The van der Waals surface area contributed by atoms with Crippen LogP contribution in [0.4, 0.5) is 17.3 Å². The molecule has 1 unspecified atom stereocenters. The molecule has 3 rings (SSSR count). The first kappa shape index (κ1) is 17.4. The number of hydrogen-bond donors (Lipinski definition) is 4. The Bertz CT molecular complexity index is 770. The standard InChI is InChI=1S/C16H20ClN7O/c17-9-5-10(7-20-6-9)22-16-14(15(19)25)21-8-13(24-16)23-12-4-2-1-3-11(12)18/h5-8,11-12H,1-4,18H2,(H2,19,25)(H2,22,23,24)/t11-,12?/m0/s1. The predicted octanol–water partition coefficient (Wildman–Crippen LogP) is 2.05. The summed E-state index contributed by atoms with van der Waals surface area (Å²) in [4.78, 5) is 24.2. The van der Waals surface area contributed by atoms with Crippen molar-refractivity contribution < 1.29 is 4.79 Å². The third kappa shape index (κ3) is 4.34. The molecule has 0 aliphatic heterocycles. The van der Waals surface area contributed by atoms with E-state index in [1.807, 2.05) is 0 Å². The maximum Gasteiger partial charge on any atom is 0.271 e. The fraction of sp³-hybridized carbons (Fsp3) is 0.375. The molecule has 0 spiro atoms. The summed E-state index contributed by atoms with van der Waals surface area (Å²) in [6.45, 7) is 0. The van der Waals surface area contributed by atoms with Gasteiger partial charge in [0.2, 0.25) is 0 Å². The maximum absolute atomic E-state index is 11.6. The minimum Gasteiger partial charge on any atom is -0.364 e. The number of rotatable bonds is 5. The van der Waals surface area contributed by atoms with E-state index in [4.69, 9.17) is 23.1 Å². The molecular weight excluding hydrogens is 342 g/mol. The van der Waals surface area contributed by atoms with Crippen LogP contribution in [0.2, 0.25) is 5.02 Å². The van der Waals surface area contributed by atoms with Crippen LogP contribution in [0.1, 0.15) is 36.2 Å². The average molecular weight is 362 g/mol. The Balaban J connectivity index is 1.85. The topological polar surface area (TPSA) is 132 Å². The fourth-order valence-electron chi connectivity index (χ4n) is 2.87. The van der Waals surface area contributed by atoms with Gasteiger partial charge in [0.25, 0.3) is 5.91 Å². The summed E-state index contributed by atoms with van der Waals surface area (Å²) < 4.78 is 0. The van der Waals surface area contributed by atoms with E-state index >= 15 is 0 Å². The van der Waals surface area contributed by atoms with Crippen LogP contribution < -0.4 is 22.1 Å². The van der Waals surface area contributed by atoms with Gasteiger partial charge in [-0.3, -0.25) is 9.78 Å². The summed E-state index contributed by atoms with van der Waals surface area (Å²) in [5.74, 6) is 0.0988. The molecule has 1 aliphatic rings. The van der Waals surface area contributed by atoms with Crippen LogP contribution in [-0.4, -0.2) is 32.9 Å². The number of amides is 1. The van der Waals surface area contributed by atoms with Gasteiger partial charge in [0.15, 0.2) is 11.5 Å². The Labute approximate surface area is 150 Å². The number of hydrogen-bond acceptors (Lipinski definition) is 7. The van der Waals surface area contributed by atoms with E-state index in [0.29, 0.717) is 16.5 Å². The lowest BCUT2D eigenvalue weighted by Gasteiger charge is -2.29. The molecule has 0 saturated heterocycles. The van der Waals surface area contributed by atoms with Crippen LogP contribution in [0.5, 0.6) is 0 Å². The summed E-state index contributed by atoms with van der Waals surface area (Å²) in [5, 5.41) is 6.75. The molecule has 0 aromatic carbocycles. The van der Waals surface area contributed by atoms with Crippen molar-refractivity contribution in [2.24, 2.45) is 11.5 Å². The van der Waals surface area contributed by atoms with Crippen molar-refractivity contribution in [3.8, 4) is 0 Å². The first-order valence-electron chi connectivity index (χ1n) is 8.09. The Kier molecular flexibility index (Phi) is 5.30. The molecule has 0 radical (unpaired) electrons. The largest absolute Gasteiger partial charge is 0.364 e. The number of nitrogens with two attached hydrogens (primary N) is 2. The number of primary amides is 1. The highest BCUT2D eigenvalue weighted by Crippen LogP contribution is 2.23. The van der Waals surface area contributed by atoms with E-state index in [2.05, 4.69) is 25.6 Å². The summed E-state index contributed by atoms with van der Waals surface area (Å²) in [5.41, 5.74) is 12.2. The molecule has 25 heavy (non-hydrogen) atoms. The molecule has 1 aliphatic carbocycles. The molecule has 1 amide bonds. The zero-order valence-corrected chi connectivity index (χ0v) is 14.3. The van der Waals surface area contributed by atoms with Gasteiger partial charge in [-0.05, 0) is 18.9 Å². The molecule has 2 aromatic rings. The van der Waals surface area contributed by atoms with Crippen LogP contribution in [0.15, 0.2) is 24.7 Å². The molecule has 2 aromatic heterocycles. The van der Waals surface area contributed by atoms with E-state index < -0.39 is 5.91 Å². The molecule has 6 N–H and O–H groups in total. The first-order chi connectivity index (χ1) is 12.0. The van der Waals surface area contributed by atoms with Gasteiger partial charge >= 0.3 is 0 Å². The third-order valence-corrected chi connectivity index (χ3v) is 4.33. The molecule has 2 heterocycles. The van der Waals surface area contributed by atoms with E-state index in [1.165, 1.54) is 12.4 Å². The van der Waals surface area contributed by atoms with Crippen molar-refractivity contribution in [3.63, 3.8) is 0 Å². The Morgan fingerprint density at radius 1 is 1.24 bits per heavy atom. The predicted molar refractivity (Wildman–Crippen MR) is 96.9 cm³/mol. The molecule has 1 saturated carbocycles. The van der Waals surface area contributed by atoms with Crippen molar-refractivity contribution >= 4 is 34.8 Å². The number of aromatic nitrogens is 3. The number of carbonyl (C=O) groups excluding carboxylic acids is 1. The third-order valence-electron chi connectivity index (χ3n) is 4.13. The normalized spacial score (nSPS) is 20.1. The van der Waals surface area contributed by atoms with Gasteiger partial charge in [0.1, 0.15) is 5.82 Å². The Morgan fingerprint density at radius 3 is 2.76 bits per heavy atom. The van der Waals surface area contributed by atoms with Crippen LogP contribution >= 0.6 is 11.6 Å². The summed E-state index contributed by atoms with van der Waals surface area (Å²) in [7, 11) is 0. The summed E-state index contributed by atoms with van der Waals surface area (Å²) in [6, 6.07) is 1.86. The fourth-order valence-corrected chi connectivity index (χ4v) is 3.05. The van der Waals surface area contributed by atoms with Gasteiger partial charge in [-0.25, -0.2) is 9.97 Å². The number of pyridine rings is 1. The van der Waals surface area contributed by atoms with E-state index in [0.717, 1.165) is 25.7 Å². The number of nitrogens with zero attached hydrogens (tertiary/aromatic N) is 3. The summed E-state index contributed by atoms with van der Waals surface area (Å²) >= 11 is 5.93. The summed E-state index contributed by atoms with van der Waals surface area (Å²) in [6.07, 6.45) is 8.77. The molecule has 132 valence electrons. The first-order valence-corrected chi connectivity index (χ1v) is 8.47. The van der Waals surface area contributed by atoms with E-state index in [1.54, 1.807) is 12.3 Å². The van der Waals surface area contributed by atoms with Gasteiger partial charge in [-0.2, -0.15) is 0 Å². The van der Waals surface area contributed by atoms with Gasteiger partial charge in [0.05, 0.1) is 23.1 Å². The second-order valence-corrected chi connectivity index (χ2v) is 6.47. The molecular formula is C16H20ClN7O. The molecule has 2 atom stereocenters. The van der Waals surface area contributed by atoms with Crippen LogP contribution in [-0.2, 0) is 0 Å². The van der Waals surface area contributed by atoms with Gasteiger partial charge < -0.3 is 22.1 Å². The van der Waals surface area contributed by atoms with E-state index in [-0.39, 0.29) is 23.6 Å². The average Bonchev–Trinajstić information content (AvgIpc) is 2.57. The molecule has 8 nitrogen and oxygen atoms in total. The highest BCUT2D eigenvalue weighted by Gasteiger charge is 2.22. The van der Waals surface area contributed by atoms with Gasteiger partial charge in [0, 0.05) is 18.3 Å². The second kappa shape index (κ2) is 7.62. The number of carbonyl (C=O) groups is 1. The number of anilines is 3. The minimum absolute atomic E-state index is 0.0402. The highest BCUT2D eigenvalue weighted by molar-refractivity contribution is 6.30. The zero-order chi connectivity index (χ0) is 17.8. The maximum atomic E-state index is 11.6. The van der Waals surface area contributed by atoms with Crippen molar-refractivity contribution in [1.29, 1.82) is 0 Å².